The van der Waals surface area contributed by atoms with E-state index >= 15 is 0 Å². The van der Waals surface area contributed by atoms with Crippen LogP contribution in [0, 0.1) is 0 Å². The first-order chi connectivity index (χ1) is 34.0. The Morgan fingerprint density at radius 3 is 1.04 bits per heavy atom. The molecule has 1 saturated heterocycles. The number of unbranched alkanes of at least 4 members (excludes halogenated alkanes) is 40. The number of carbonyl (C=O) groups excluding carboxylic acids is 2. The van der Waals surface area contributed by atoms with Gasteiger partial charge in [-0.15, -0.1) is 0 Å². The predicted molar refractivity (Wildman–Crippen MR) is 284 cm³/mol. The first-order valence-electron chi connectivity index (χ1n) is 29.6. The second kappa shape index (κ2) is 47.4. The summed E-state index contributed by atoms with van der Waals surface area (Å²) < 4.78 is 54.4. The van der Waals surface area contributed by atoms with E-state index in [9.17, 15) is 37.9 Å². The van der Waals surface area contributed by atoms with E-state index in [1.54, 1.807) is 0 Å². The average Bonchev–Trinajstić information content (AvgIpc) is 3.33. The highest BCUT2D eigenvalue weighted by Gasteiger charge is 2.46. The molecule has 1 aliphatic heterocycles. The molecule has 0 radical (unpaired) electrons. The highest BCUT2D eigenvalue weighted by atomic mass is 32.2. The number of rotatable bonds is 52. The molecular weight excluding hydrogens is 909 g/mol. The van der Waals surface area contributed by atoms with Gasteiger partial charge in [0.15, 0.2) is 12.4 Å². The van der Waals surface area contributed by atoms with E-state index in [0.717, 1.165) is 38.5 Å². The Hall–Kier alpha value is -1.35. The van der Waals surface area contributed by atoms with Gasteiger partial charge in [0.05, 0.1) is 6.61 Å². The van der Waals surface area contributed by atoms with E-state index < -0.39 is 71.2 Å². The third-order valence-corrected chi connectivity index (χ3v) is 14.9. The summed E-state index contributed by atoms with van der Waals surface area (Å²) in [7, 11) is -4.60. The highest BCUT2D eigenvalue weighted by molar-refractivity contribution is 7.85. The van der Waals surface area contributed by atoms with Crippen LogP contribution in [0.2, 0.25) is 0 Å². The lowest BCUT2D eigenvalue weighted by Gasteiger charge is -2.40. The van der Waals surface area contributed by atoms with Gasteiger partial charge in [0.1, 0.15) is 36.8 Å². The monoisotopic (exact) mass is 1020 g/mol. The maximum Gasteiger partial charge on any atom is 0.306 e. The van der Waals surface area contributed by atoms with E-state index in [4.69, 9.17) is 18.9 Å². The van der Waals surface area contributed by atoms with Gasteiger partial charge in [0.25, 0.3) is 10.1 Å². The molecule has 1 rings (SSSR count). The van der Waals surface area contributed by atoms with Crippen molar-refractivity contribution in [3.05, 3.63) is 0 Å². The van der Waals surface area contributed by atoms with E-state index in [-0.39, 0.29) is 19.4 Å². The fourth-order valence-electron chi connectivity index (χ4n) is 9.62. The summed E-state index contributed by atoms with van der Waals surface area (Å²) in [6.07, 6.45) is 44.3. The third kappa shape index (κ3) is 41.1. The molecular formula is C57H110O12S. The number of hydrogen-bond acceptors (Lipinski definition) is 11. The number of carbonyl (C=O) groups is 2. The molecule has 1 heterocycles. The van der Waals surface area contributed by atoms with Gasteiger partial charge < -0.3 is 34.3 Å². The zero-order valence-corrected chi connectivity index (χ0v) is 46.0. The molecule has 70 heavy (non-hydrogen) atoms. The van der Waals surface area contributed by atoms with Gasteiger partial charge in [-0.3, -0.25) is 14.1 Å². The lowest BCUT2D eigenvalue weighted by Crippen LogP contribution is -2.60. The molecule has 0 spiro atoms. The maximum absolute atomic E-state index is 12.9. The van der Waals surface area contributed by atoms with Crippen LogP contribution in [0.25, 0.3) is 0 Å². The summed E-state index contributed by atoms with van der Waals surface area (Å²) in [5.74, 6) is -1.95. The third-order valence-electron chi connectivity index (χ3n) is 14.2. The highest BCUT2D eigenvalue weighted by Crippen LogP contribution is 2.24. The predicted octanol–water partition coefficient (Wildman–Crippen LogP) is 14.4. The number of aliphatic hydroxyl groups excluding tert-OH is 3. The van der Waals surface area contributed by atoms with Crippen molar-refractivity contribution in [3.8, 4) is 0 Å². The molecule has 416 valence electrons. The zero-order chi connectivity index (χ0) is 51.2. The van der Waals surface area contributed by atoms with Gasteiger partial charge in [-0.25, -0.2) is 0 Å². The van der Waals surface area contributed by atoms with Crippen LogP contribution in [0.5, 0.6) is 0 Å². The van der Waals surface area contributed by atoms with Crippen molar-refractivity contribution in [2.24, 2.45) is 0 Å². The largest absolute Gasteiger partial charge is 0.462 e. The van der Waals surface area contributed by atoms with E-state index in [0.29, 0.717) is 12.8 Å². The van der Waals surface area contributed by atoms with Crippen LogP contribution in [0.4, 0.5) is 0 Å². The number of hydrogen-bond donors (Lipinski definition) is 4. The molecule has 13 heteroatoms. The lowest BCUT2D eigenvalue weighted by atomic mass is 10.00. The first kappa shape index (κ1) is 66.7. The van der Waals surface area contributed by atoms with Gasteiger partial charge in [-0.2, -0.15) is 8.42 Å². The van der Waals surface area contributed by atoms with Crippen molar-refractivity contribution in [2.75, 3.05) is 19.0 Å². The Labute approximate surface area is 429 Å². The second-order valence-electron chi connectivity index (χ2n) is 21.0. The smallest absolute Gasteiger partial charge is 0.306 e. The quantitative estimate of drug-likeness (QED) is 0.0257. The van der Waals surface area contributed by atoms with Crippen molar-refractivity contribution in [1.82, 2.24) is 0 Å². The molecule has 1 fully saturated rings. The van der Waals surface area contributed by atoms with Crippen LogP contribution in [-0.2, 0) is 38.7 Å². The summed E-state index contributed by atoms with van der Waals surface area (Å²) in [5.41, 5.74) is 0. The molecule has 6 atom stereocenters. The SMILES string of the molecule is CCCCCCCCCCCCCCCCCCCCCCCCCC(=O)O[C@H](COC(=O)CCCCCCCCCCCCCCCCCCCCC)CO[C@H]1O[C@H](CS(=O)(=O)O)[C@@H](O)C(O)C1O. The van der Waals surface area contributed by atoms with Crippen LogP contribution < -0.4 is 0 Å². The topological polar surface area (TPSA) is 186 Å². The zero-order valence-electron chi connectivity index (χ0n) is 45.2. The number of ether oxygens (including phenoxy) is 4. The van der Waals surface area contributed by atoms with Gasteiger partial charge in [0.2, 0.25) is 0 Å². The molecule has 0 aromatic heterocycles. The Balaban J connectivity index is 2.28. The van der Waals surface area contributed by atoms with Crippen LogP contribution in [-0.4, -0.2) is 96.0 Å². The Morgan fingerprint density at radius 2 is 0.729 bits per heavy atom. The summed E-state index contributed by atoms with van der Waals surface area (Å²) in [6, 6.07) is 0. The minimum absolute atomic E-state index is 0.174. The lowest BCUT2D eigenvalue weighted by molar-refractivity contribution is -0.297. The van der Waals surface area contributed by atoms with Crippen molar-refractivity contribution in [3.63, 3.8) is 0 Å². The Morgan fingerprint density at radius 1 is 0.429 bits per heavy atom. The first-order valence-corrected chi connectivity index (χ1v) is 31.2. The maximum atomic E-state index is 12.9. The van der Waals surface area contributed by atoms with Gasteiger partial charge in [0, 0.05) is 12.8 Å². The summed E-state index contributed by atoms with van der Waals surface area (Å²) in [4.78, 5) is 25.6. The normalized spacial score (nSPS) is 18.9. The average molecular weight is 1020 g/mol. The van der Waals surface area contributed by atoms with Crippen molar-refractivity contribution in [2.45, 2.75) is 333 Å². The van der Waals surface area contributed by atoms with Gasteiger partial charge in [-0.1, -0.05) is 271 Å². The molecule has 2 unspecified atom stereocenters. The van der Waals surface area contributed by atoms with Crippen molar-refractivity contribution < 1.29 is 56.8 Å². The number of esters is 2. The molecule has 4 N–H and O–H groups in total. The minimum Gasteiger partial charge on any atom is -0.462 e. The molecule has 0 aliphatic carbocycles. The molecule has 0 aromatic carbocycles. The molecule has 0 saturated carbocycles. The summed E-state index contributed by atoms with van der Waals surface area (Å²) in [6.45, 7) is 3.84. The standard InChI is InChI=1S/C57H110O12S/c1-3-5-7-9-11-13-15-17-19-21-23-24-25-26-28-30-32-34-36-38-40-42-44-46-53(59)68-50(48-67-57-56(62)55(61)54(60)51(69-57)49-70(63,64)65)47-66-52(58)45-43-41-39-37-35-33-31-29-27-22-20-18-16-14-12-10-8-6-4-2/h50-51,54-57,60-62H,3-49H2,1-2H3,(H,63,64,65)/t50-,51-,54-,55?,56?,57+/m1/s1. The fourth-order valence-corrected chi connectivity index (χ4v) is 10.3. The van der Waals surface area contributed by atoms with Gasteiger partial charge >= 0.3 is 11.9 Å². The van der Waals surface area contributed by atoms with Gasteiger partial charge in [-0.05, 0) is 12.8 Å². The Bertz CT molecular complexity index is 1280. The van der Waals surface area contributed by atoms with Crippen LogP contribution in [0.15, 0.2) is 0 Å². The minimum atomic E-state index is -4.60. The van der Waals surface area contributed by atoms with Crippen LogP contribution >= 0.6 is 0 Å². The Kier molecular flexibility index (Phi) is 45.1. The van der Waals surface area contributed by atoms with E-state index in [1.807, 2.05) is 0 Å². The molecule has 0 bridgehead atoms. The fraction of sp³-hybridized carbons (Fsp3) is 0.965. The molecule has 12 nitrogen and oxygen atoms in total. The van der Waals surface area contributed by atoms with Crippen LogP contribution in [0.3, 0.4) is 0 Å². The van der Waals surface area contributed by atoms with E-state index in [2.05, 4.69) is 13.8 Å². The summed E-state index contributed by atoms with van der Waals surface area (Å²) in [5, 5.41) is 31.1. The van der Waals surface area contributed by atoms with Crippen molar-refractivity contribution in [1.29, 1.82) is 0 Å². The summed E-state index contributed by atoms with van der Waals surface area (Å²) >= 11 is 0. The van der Waals surface area contributed by atoms with E-state index in [1.165, 1.54) is 218 Å². The molecule has 0 amide bonds. The second-order valence-corrected chi connectivity index (χ2v) is 22.5. The number of aliphatic hydroxyl groups is 3. The molecule has 0 aromatic rings. The van der Waals surface area contributed by atoms with Crippen LogP contribution in [0.1, 0.15) is 296 Å². The van der Waals surface area contributed by atoms with Crippen molar-refractivity contribution >= 4 is 22.1 Å². The molecule has 1 aliphatic rings.